The Balaban J connectivity index is 1.45. The second-order valence-corrected chi connectivity index (χ2v) is 10.1. The summed E-state index contributed by atoms with van der Waals surface area (Å²) in [5.41, 5.74) is 10.0. The molecule has 3 aromatic carbocycles. The summed E-state index contributed by atoms with van der Waals surface area (Å²) in [6.07, 6.45) is 2.03. The lowest BCUT2D eigenvalue weighted by atomic mass is 9.89. The number of benzene rings is 3. The lowest BCUT2D eigenvalue weighted by Crippen LogP contribution is -2.36. The lowest BCUT2D eigenvalue weighted by Gasteiger charge is -2.33. The molecule has 1 saturated heterocycles. The standard InChI is InChI=1S/C31H38N6O3/c1-22(32)36-14-12-25(13-15-36)24-8-10-27(11-9-24)35-30(39)21-37(28-6-3-5-26(19-28)31(33)34)20-23-4-2-7-29(18-23)40-17-16-38/h2-11,18-19,25,32,38H,12-17,20-21H2,1H3,(H3,33,34)(H,35,39). The normalized spacial score (nSPS) is 13.5. The highest BCUT2D eigenvalue weighted by Crippen LogP contribution is 2.29. The minimum atomic E-state index is -0.163. The predicted molar refractivity (Wildman–Crippen MR) is 160 cm³/mol. The fraction of sp³-hybridized carbons (Fsp3) is 0.323. The molecule has 0 aromatic heterocycles. The second kappa shape index (κ2) is 13.6. The Labute approximate surface area is 235 Å². The first kappa shape index (κ1) is 28.6. The quantitative estimate of drug-likeness (QED) is 0.182. The number of carbonyl (C=O) groups is 1. The van der Waals surface area contributed by atoms with Gasteiger partial charge in [0.15, 0.2) is 0 Å². The van der Waals surface area contributed by atoms with Gasteiger partial charge in [-0.3, -0.25) is 15.6 Å². The summed E-state index contributed by atoms with van der Waals surface area (Å²) < 4.78 is 5.56. The Morgan fingerprint density at radius 1 is 1.07 bits per heavy atom. The maximum absolute atomic E-state index is 13.2. The monoisotopic (exact) mass is 542 g/mol. The van der Waals surface area contributed by atoms with Crippen LogP contribution in [0.4, 0.5) is 11.4 Å². The molecule has 1 amide bonds. The molecule has 1 heterocycles. The van der Waals surface area contributed by atoms with Gasteiger partial charge in [0.05, 0.1) is 19.0 Å². The van der Waals surface area contributed by atoms with Crippen LogP contribution in [0.2, 0.25) is 0 Å². The molecule has 0 bridgehead atoms. The van der Waals surface area contributed by atoms with Crippen LogP contribution in [-0.2, 0) is 11.3 Å². The van der Waals surface area contributed by atoms with Crippen molar-refractivity contribution < 1.29 is 14.6 Å². The molecule has 0 aliphatic carbocycles. The highest BCUT2D eigenvalue weighted by atomic mass is 16.5. The van der Waals surface area contributed by atoms with Crippen LogP contribution in [0.5, 0.6) is 5.75 Å². The van der Waals surface area contributed by atoms with E-state index in [1.807, 2.05) is 66.4 Å². The van der Waals surface area contributed by atoms with Crippen LogP contribution < -0.4 is 20.7 Å². The van der Waals surface area contributed by atoms with Gasteiger partial charge in [0.1, 0.15) is 18.2 Å². The summed E-state index contributed by atoms with van der Waals surface area (Å²) in [5.74, 6) is 1.53. The van der Waals surface area contributed by atoms with E-state index in [0.29, 0.717) is 29.6 Å². The minimum Gasteiger partial charge on any atom is -0.491 e. The lowest BCUT2D eigenvalue weighted by molar-refractivity contribution is -0.115. The summed E-state index contributed by atoms with van der Waals surface area (Å²) in [6, 6.07) is 22.9. The van der Waals surface area contributed by atoms with Gasteiger partial charge in [-0.25, -0.2) is 0 Å². The number of nitrogens with one attached hydrogen (secondary N) is 3. The number of likely N-dealkylation sites (tertiary alicyclic amines) is 1. The molecular formula is C31H38N6O3. The number of nitrogen functional groups attached to an aromatic ring is 1. The molecule has 1 aliphatic heterocycles. The number of hydrogen-bond acceptors (Lipinski definition) is 6. The maximum Gasteiger partial charge on any atom is 0.243 e. The molecule has 9 nitrogen and oxygen atoms in total. The molecule has 1 fully saturated rings. The number of rotatable bonds is 11. The molecule has 0 unspecified atom stereocenters. The molecule has 6 N–H and O–H groups in total. The zero-order valence-corrected chi connectivity index (χ0v) is 22.9. The highest BCUT2D eigenvalue weighted by molar-refractivity contribution is 5.97. The summed E-state index contributed by atoms with van der Waals surface area (Å²) in [4.78, 5) is 17.2. The van der Waals surface area contributed by atoms with Crippen LogP contribution in [0.3, 0.4) is 0 Å². The van der Waals surface area contributed by atoms with Crippen molar-refractivity contribution in [1.82, 2.24) is 4.90 Å². The smallest absolute Gasteiger partial charge is 0.243 e. The fourth-order valence-corrected chi connectivity index (χ4v) is 4.99. The van der Waals surface area contributed by atoms with Gasteiger partial charge in [-0.05, 0) is 73.2 Å². The van der Waals surface area contributed by atoms with Gasteiger partial charge < -0.3 is 30.7 Å². The predicted octanol–water partition coefficient (Wildman–Crippen LogP) is 4.16. The third-order valence-corrected chi connectivity index (χ3v) is 7.12. The first-order chi connectivity index (χ1) is 19.3. The van der Waals surface area contributed by atoms with Crippen molar-refractivity contribution in [2.24, 2.45) is 5.73 Å². The van der Waals surface area contributed by atoms with E-state index in [2.05, 4.69) is 22.3 Å². The molecule has 9 heteroatoms. The molecule has 0 atom stereocenters. The maximum atomic E-state index is 13.2. The number of nitrogens with two attached hydrogens (primary N) is 1. The number of amides is 1. The van der Waals surface area contributed by atoms with E-state index in [9.17, 15) is 4.79 Å². The second-order valence-electron chi connectivity index (χ2n) is 10.1. The van der Waals surface area contributed by atoms with Crippen molar-refractivity contribution in [1.29, 1.82) is 10.8 Å². The first-order valence-corrected chi connectivity index (χ1v) is 13.5. The van der Waals surface area contributed by atoms with Crippen LogP contribution in [0.25, 0.3) is 0 Å². The average Bonchev–Trinajstić information content (AvgIpc) is 2.96. The summed E-state index contributed by atoms with van der Waals surface area (Å²) in [5, 5.41) is 27.8. The molecule has 4 rings (SSSR count). The molecule has 0 spiro atoms. The number of carbonyl (C=O) groups excluding carboxylic acids is 1. The van der Waals surface area contributed by atoms with Gasteiger partial charge in [0.25, 0.3) is 0 Å². The number of nitrogens with zero attached hydrogens (tertiary/aromatic N) is 2. The Bertz CT molecular complexity index is 1320. The van der Waals surface area contributed by atoms with Gasteiger partial charge in [-0.2, -0.15) is 0 Å². The Morgan fingerprint density at radius 2 is 1.80 bits per heavy atom. The number of amidine groups is 2. The van der Waals surface area contributed by atoms with E-state index >= 15 is 0 Å². The van der Waals surface area contributed by atoms with Gasteiger partial charge in [-0.1, -0.05) is 36.4 Å². The molecular weight excluding hydrogens is 504 g/mol. The molecule has 0 radical (unpaired) electrons. The number of anilines is 2. The van der Waals surface area contributed by atoms with Gasteiger partial charge in [0.2, 0.25) is 5.91 Å². The average molecular weight is 543 g/mol. The topological polar surface area (TPSA) is 139 Å². The fourth-order valence-electron chi connectivity index (χ4n) is 4.99. The van der Waals surface area contributed by atoms with Gasteiger partial charge in [0, 0.05) is 36.6 Å². The Hall–Kier alpha value is -4.37. The van der Waals surface area contributed by atoms with Gasteiger partial charge in [-0.15, -0.1) is 0 Å². The van der Waals surface area contributed by atoms with Crippen LogP contribution in [0.15, 0.2) is 72.8 Å². The van der Waals surface area contributed by atoms with Crippen molar-refractivity contribution in [3.8, 4) is 5.75 Å². The third kappa shape index (κ3) is 7.83. The van der Waals surface area contributed by atoms with Crippen LogP contribution in [-0.4, -0.2) is 60.4 Å². The Morgan fingerprint density at radius 3 is 2.48 bits per heavy atom. The third-order valence-electron chi connectivity index (χ3n) is 7.12. The van der Waals surface area contributed by atoms with E-state index in [1.165, 1.54) is 5.56 Å². The molecule has 0 saturated carbocycles. The first-order valence-electron chi connectivity index (χ1n) is 13.5. The number of piperidine rings is 1. The number of hydrogen-bond donors (Lipinski definition) is 5. The van der Waals surface area contributed by atoms with Crippen molar-refractivity contribution in [2.75, 3.05) is 43.1 Å². The summed E-state index contributed by atoms with van der Waals surface area (Å²) in [7, 11) is 0. The molecule has 40 heavy (non-hydrogen) atoms. The van der Waals surface area contributed by atoms with E-state index in [0.717, 1.165) is 42.9 Å². The number of ether oxygens (including phenoxy) is 1. The SMILES string of the molecule is CC(=N)N1CCC(c2ccc(NC(=O)CN(Cc3cccc(OCCO)c3)c3cccc(C(=N)N)c3)cc2)CC1. The Kier molecular flexibility index (Phi) is 9.75. The minimum absolute atomic E-state index is 0.0376. The van der Waals surface area contributed by atoms with Crippen LogP contribution in [0.1, 0.15) is 42.4 Å². The zero-order chi connectivity index (χ0) is 28.5. The number of aliphatic hydroxyl groups excluding tert-OH is 1. The molecule has 1 aliphatic rings. The summed E-state index contributed by atoms with van der Waals surface area (Å²) >= 11 is 0. The van der Waals surface area contributed by atoms with Crippen LogP contribution in [0, 0.1) is 10.8 Å². The van der Waals surface area contributed by atoms with Gasteiger partial charge >= 0.3 is 0 Å². The van der Waals surface area contributed by atoms with E-state index < -0.39 is 0 Å². The van der Waals surface area contributed by atoms with Crippen LogP contribution >= 0.6 is 0 Å². The van der Waals surface area contributed by atoms with E-state index in [1.54, 1.807) is 6.07 Å². The van der Waals surface area contributed by atoms with Crippen molar-refractivity contribution in [3.05, 3.63) is 89.5 Å². The van der Waals surface area contributed by atoms with E-state index in [-0.39, 0.29) is 31.5 Å². The molecule has 210 valence electrons. The zero-order valence-electron chi connectivity index (χ0n) is 22.9. The molecule has 3 aromatic rings. The van der Waals surface area contributed by atoms with Crippen molar-refractivity contribution in [3.63, 3.8) is 0 Å². The summed E-state index contributed by atoms with van der Waals surface area (Å²) in [6.45, 7) is 4.29. The van der Waals surface area contributed by atoms with Crippen molar-refractivity contribution >= 4 is 29.0 Å². The van der Waals surface area contributed by atoms with E-state index in [4.69, 9.17) is 26.4 Å². The number of aliphatic hydroxyl groups is 1. The van der Waals surface area contributed by atoms with Crippen molar-refractivity contribution in [2.45, 2.75) is 32.2 Å². The highest BCUT2D eigenvalue weighted by Gasteiger charge is 2.21. The largest absolute Gasteiger partial charge is 0.491 e.